The molecule has 1 heterocycles. The summed E-state index contributed by atoms with van der Waals surface area (Å²) in [4.78, 5) is 5.18. The molecule has 0 atom stereocenters. The van der Waals surface area contributed by atoms with E-state index >= 15 is 0 Å². The molecule has 7 nitrogen and oxygen atoms in total. The highest BCUT2D eigenvalue weighted by atomic mass is 19.4. The smallest absolute Gasteiger partial charge is 0.401 e. The maximum Gasteiger partial charge on any atom is 0.401 e. The van der Waals surface area contributed by atoms with Gasteiger partial charge in [0, 0.05) is 31.8 Å². The second-order valence-corrected chi connectivity index (χ2v) is 6.25. The molecule has 1 aromatic carbocycles. The standard InChI is InChI=1S/C17H23F5N4O3/c1-23-16(24-4-3-5-26(2)9-17(20,21)22)25-8-11-6-13-14(28-10-27-13)7-12(11)29-15(18)19/h6-7,15H,3-5,8-10H2,1-2H3,(H2,23,24,25). The molecule has 2 rings (SSSR count). The van der Waals surface area contributed by atoms with Gasteiger partial charge >= 0.3 is 12.8 Å². The summed E-state index contributed by atoms with van der Waals surface area (Å²) in [6.45, 7) is -3.25. The Balaban J connectivity index is 1.84. The minimum atomic E-state index is -4.23. The van der Waals surface area contributed by atoms with Crippen molar-refractivity contribution in [3.63, 3.8) is 0 Å². The number of ether oxygens (including phenoxy) is 3. The van der Waals surface area contributed by atoms with Crippen molar-refractivity contribution in [3.05, 3.63) is 17.7 Å². The Labute approximate surface area is 164 Å². The lowest BCUT2D eigenvalue weighted by Crippen LogP contribution is -2.39. The molecule has 0 unspecified atom stereocenters. The predicted molar refractivity (Wildman–Crippen MR) is 95.6 cm³/mol. The molecule has 1 aliphatic heterocycles. The van der Waals surface area contributed by atoms with E-state index < -0.39 is 19.3 Å². The van der Waals surface area contributed by atoms with Crippen LogP contribution >= 0.6 is 0 Å². The zero-order valence-electron chi connectivity index (χ0n) is 16.0. The largest absolute Gasteiger partial charge is 0.454 e. The number of nitrogens with one attached hydrogen (secondary N) is 2. The van der Waals surface area contributed by atoms with Crippen molar-refractivity contribution in [2.45, 2.75) is 25.8 Å². The molecule has 164 valence electrons. The number of fused-ring (bicyclic) bond motifs is 1. The molecule has 12 heteroatoms. The molecule has 0 radical (unpaired) electrons. The van der Waals surface area contributed by atoms with E-state index in [2.05, 4.69) is 20.4 Å². The van der Waals surface area contributed by atoms with Gasteiger partial charge in [-0.25, -0.2) is 0 Å². The molecule has 1 aliphatic rings. The van der Waals surface area contributed by atoms with Crippen molar-refractivity contribution >= 4 is 5.96 Å². The third-order valence-electron chi connectivity index (χ3n) is 3.90. The van der Waals surface area contributed by atoms with Gasteiger partial charge in [-0.05, 0) is 26.1 Å². The van der Waals surface area contributed by atoms with Crippen molar-refractivity contribution in [3.8, 4) is 17.2 Å². The Bertz CT molecular complexity index is 700. The lowest BCUT2D eigenvalue weighted by molar-refractivity contribution is -0.143. The van der Waals surface area contributed by atoms with Gasteiger partial charge in [-0.1, -0.05) is 0 Å². The summed E-state index contributed by atoms with van der Waals surface area (Å²) in [6.07, 6.45) is -3.78. The Morgan fingerprint density at radius 1 is 1.24 bits per heavy atom. The number of halogens is 5. The van der Waals surface area contributed by atoms with E-state index in [0.29, 0.717) is 36.0 Å². The van der Waals surface area contributed by atoms with Crippen molar-refractivity contribution < 1.29 is 36.2 Å². The monoisotopic (exact) mass is 426 g/mol. The van der Waals surface area contributed by atoms with Crippen LogP contribution in [0.1, 0.15) is 12.0 Å². The van der Waals surface area contributed by atoms with E-state index in [-0.39, 0.29) is 25.6 Å². The van der Waals surface area contributed by atoms with Gasteiger partial charge in [0.05, 0.1) is 6.54 Å². The summed E-state index contributed by atoms with van der Waals surface area (Å²) in [7, 11) is 2.91. The van der Waals surface area contributed by atoms with Crippen LogP contribution in [0.25, 0.3) is 0 Å². The Kier molecular flexibility index (Phi) is 8.11. The molecule has 29 heavy (non-hydrogen) atoms. The van der Waals surface area contributed by atoms with Gasteiger partial charge in [-0.2, -0.15) is 22.0 Å². The van der Waals surface area contributed by atoms with Crippen molar-refractivity contribution in [1.29, 1.82) is 0 Å². The number of alkyl halides is 5. The zero-order chi connectivity index (χ0) is 21.4. The van der Waals surface area contributed by atoms with Gasteiger partial charge in [0.1, 0.15) is 5.75 Å². The van der Waals surface area contributed by atoms with Crippen LogP contribution in [0, 0.1) is 0 Å². The summed E-state index contributed by atoms with van der Waals surface area (Å²) in [5.41, 5.74) is 0.405. The van der Waals surface area contributed by atoms with Crippen molar-refractivity contribution in [1.82, 2.24) is 15.5 Å². The van der Waals surface area contributed by atoms with Gasteiger partial charge in [0.15, 0.2) is 17.5 Å². The molecule has 0 fully saturated rings. The van der Waals surface area contributed by atoms with E-state index in [1.54, 1.807) is 0 Å². The molecule has 0 aliphatic carbocycles. The third kappa shape index (κ3) is 7.80. The summed E-state index contributed by atoms with van der Waals surface area (Å²) in [6, 6.07) is 2.87. The first-order chi connectivity index (χ1) is 13.7. The SMILES string of the molecule is CN=C(NCCCN(C)CC(F)(F)F)NCc1cc2c(cc1OC(F)F)OCO2. The second-order valence-electron chi connectivity index (χ2n) is 6.25. The first-order valence-corrected chi connectivity index (χ1v) is 8.75. The summed E-state index contributed by atoms with van der Waals surface area (Å²) in [5.74, 6) is 1.04. The summed E-state index contributed by atoms with van der Waals surface area (Å²) in [5, 5.41) is 5.90. The minimum absolute atomic E-state index is 0.00760. The van der Waals surface area contributed by atoms with Crippen molar-refractivity contribution in [2.24, 2.45) is 4.99 Å². The van der Waals surface area contributed by atoms with Gasteiger partial charge < -0.3 is 24.8 Å². The fourth-order valence-electron chi connectivity index (χ4n) is 2.65. The first-order valence-electron chi connectivity index (χ1n) is 8.75. The number of hydrogen-bond acceptors (Lipinski definition) is 5. The van der Waals surface area contributed by atoms with E-state index in [1.807, 2.05) is 0 Å². The van der Waals surface area contributed by atoms with Gasteiger partial charge in [0.2, 0.25) is 6.79 Å². The van der Waals surface area contributed by atoms with Crippen LogP contribution < -0.4 is 24.8 Å². The average Bonchev–Trinajstić information content (AvgIpc) is 3.06. The molecular formula is C17H23F5N4O3. The van der Waals surface area contributed by atoms with Crippen LogP contribution in [0.3, 0.4) is 0 Å². The normalized spacial score (nSPS) is 13.9. The Hall–Kier alpha value is -2.50. The third-order valence-corrected chi connectivity index (χ3v) is 3.90. The minimum Gasteiger partial charge on any atom is -0.454 e. The number of hydrogen-bond donors (Lipinski definition) is 2. The maximum atomic E-state index is 12.7. The van der Waals surface area contributed by atoms with Gasteiger partial charge in [0.25, 0.3) is 0 Å². The first kappa shape index (κ1) is 22.8. The average molecular weight is 426 g/mol. The molecule has 0 saturated heterocycles. The highest BCUT2D eigenvalue weighted by Gasteiger charge is 2.28. The van der Waals surface area contributed by atoms with Crippen LogP contribution in [-0.2, 0) is 6.54 Å². The number of rotatable bonds is 9. The van der Waals surface area contributed by atoms with Crippen LogP contribution in [-0.4, -0.2) is 64.2 Å². The summed E-state index contributed by atoms with van der Waals surface area (Å²) < 4.78 is 77.2. The molecule has 0 bridgehead atoms. The fraction of sp³-hybridized carbons (Fsp3) is 0.588. The topological polar surface area (TPSA) is 67.4 Å². The number of nitrogens with zero attached hydrogens (tertiary/aromatic N) is 2. The Morgan fingerprint density at radius 3 is 2.55 bits per heavy atom. The fourth-order valence-corrected chi connectivity index (χ4v) is 2.65. The van der Waals surface area contributed by atoms with Gasteiger partial charge in [-0.15, -0.1) is 0 Å². The van der Waals surface area contributed by atoms with E-state index in [4.69, 9.17) is 9.47 Å². The van der Waals surface area contributed by atoms with Crippen LogP contribution in [0.15, 0.2) is 17.1 Å². The highest BCUT2D eigenvalue weighted by Crippen LogP contribution is 2.38. The summed E-state index contributed by atoms with van der Waals surface area (Å²) >= 11 is 0. The van der Waals surface area contributed by atoms with Crippen LogP contribution in [0.4, 0.5) is 22.0 Å². The zero-order valence-corrected chi connectivity index (χ0v) is 16.0. The molecule has 2 N–H and O–H groups in total. The van der Waals surface area contributed by atoms with E-state index in [1.165, 1.54) is 31.1 Å². The Morgan fingerprint density at radius 2 is 1.93 bits per heavy atom. The lowest BCUT2D eigenvalue weighted by Gasteiger charge is -2.19. The number of benzene rings is 1. The van der Waals surface area contributed by atoms with E-state index in [0.717, 1.165) is 0 Å². The highest BCUT2D eigenvalue weighted by molar-refractivity contribution is 5.79. The number of guanidine groups is 1. The van der Waals surface area contributed by atoms with Crippen LogP contribution in [0.2, 0.25) is 0 Å². The maximum absolute atomic E-state index is 12.7. The molecule has 1 aromatic rings. The molecule has 0 aromatic heterocycles. The molecule has 0 spiro atoms. The van der Waals surface area contributed by atoms with Gasteiger partial charge in [-0.3, -0.25) is 9.89 Å². The van der Waals surface area contributed by atoms with E-state index in [9.17, 15) is 22.0 Å². The molecular weight excluding hydrogens is 403 g/mol. The number of aliphatic imine (C=N–C) groups is 1. The quantitative estimate of drug-likeness (QED) is 0.274. The molecule has 0 saturated carbocycles. The second kappa shape index (κ2) is 10.3. The predicted octanol–water partition coefficient (Wildman–Crippen LogP) is 2.57. The molecule has 0 amide bonds. The van der Waals surface area contributed by atoms with Crippen LogP contribution in [0.5, 0.6) is 17.2 Å². The lowest BCUT2D eigenvalue weighted by atomic mass is 10.1. The van der Waals surface area contributed by atoms with Crippen molar-refractivity contribution in [2.75, 3.05) is 40.5 Å².